The number of aliphatic hydroxyl groups excluding tert-OH is 1. The Hall–Kier alpha value is -1.07. The Labute approximate surface area is 109 Å². The van der Waals surface area contributed by atoms with E-state index in [1.165, 1.54) is 0 Å². The zero-order chi connectivity index (χ0) is 12.4. The summed E-state index contributed by atoms with van der Waals surface area (Å²) in [4.78, 5) is 13.8. The van der Waals surface area contributed by atoms with Gasteiger partial charge in [-0.3, -0.25) is 4.79 Å². The molecule has 1 aliphatic heterocycles. The van der Waals surface area contributed by atoms with Crippen LogP contribution in [0.5, 0.6) is 0 Å². The number of carbonyl (C=O) groups excluding carboxylic acids is 1. The quantitative estimate of drug-likeness (QED) is 0.775. The Balaban J connectivity index is 2.15. The summed E-state index contributed by atoms with van der Waals surface area (Å²) in [5.41, 5.74) is 6.87. The van der Waals surface area contributed by atoms with Gasteiger partial charge in [0.1, 0.15) is 0 Å². The van der Waals surface area contributed by atoms with Crippen LogP contribution < -0.4 is 5.73 Å². The maximum Gasteiger partial charge on any atom is 0.254 e. The molecule has 3 N–H and O–H groups in total. The summed E-state index contributed by atoms with van der Waals surface area (Å²) in [5.74, 6) is -0.0667. The second-order valence-corrected chi connectivity index (χ2v) is 5.14. The molecule has 1 aromatic carbocycles. The highest BCUT2D eigenvalue weighted by Gasteiger charge is 2.23. The highest BCUT2D eigenvalue weighted by molar-refractivity contribution is 9.10. The lowest BCUT2D eigenvalue weighted by Gasteiger charge is -2.30. The van der Waals surface area contributed by atoms with Crippen molar-refractivity contribution in [1.29, 1.82) is 0 Å². The van der Waals surface area contributed by atoms with Gasteiger partial charge in [0.2, 0.25) is 0 Å². The summed E-state index contributed by atoms with van der Waals surface area (Å²) in [5, 5.41) is 9.55. The molecule has 0 radical (unpaired) electrons. The number of β-amino-alcohol motifs (C(OH)–C–C–N with tert-alkyl or cyclic N) is 1. The van der Waals surface area contributed by atoms with Gasteiger partial charge in [0.15, 0.2) is 0 Å². The van der Waals surface area contributed by atoms with E-state index in [4.69, 9.17) is 5.73 Å². The van der Waals surface area contributed by atoms with Crippen LogP contribution in [0.25, 0.3) is 0 Å². The molecular weight excluding hydrogens is 284 g/mol. The second kappa shape index (κ2) is 5.06. The first kappa shape index (κ1) is 12.4. The van der Waals surface area contributed by atoms with Gasteiger partial charge in [-0.15, -0.1) is 0 Å². The molecule has 1 saturated heterocycles. The number of aliphatic hydroxyl groups is 1. The predicted molar refractivity (Wildman–Crippen MR) is 69.7 cm³/mol. The van der Waals surface area contributed by atoms with Crippen LogP contribution in [-0.2, 0) is 0 Å². The van der Waals surface area contributed by atoms with Crippen LogP contribution in [-0.4, -0.2) is 35.1 Å². The highest BCUT2D eigenvalue weighted by atomic mass is 79.9. The normalized spacial score (nSPS) is 20.4. The average molecular weight is 299 g/mol. The van der Waals surface area contributed by atoms with Gasteiger partial charge in [0, 0.05) is 28.8 Å². The Morgan fingerprint density at radius 1 is 1.53 bits per heavy atom. The number of halogens is 1. The Morgan fingerprint density at radius 2 is 2.29 bits per heavy atom. The lowest BCUT2D eigenvalue weighted by molar-refractivity contribution is 0.0474. The number of nitrogens with two attached hydrogens (primary N) is 1. The van der Waals surface area contributed by atoms with E-state index in [1.807, 2.05) is 0 Å². The minimum absolute atomic E-state index is 0.0667. The molecule has 5 heteroatoms. The number of likely N-dealkylation sites (tertiary alicyclic amines) is 1. The number of hydrogen-bond donors (Lipinski definition) is 2. The van der Waals surface area contributed by atoms with E-state index in [2.05, 4.69) is 15.9 Å². The van der Waals surface area contributed by atoms with Gasteiger partial charge in [0.25, 0.3) is 5.91 Å². The molecule has 0 spiro atoms. The Morgan fingerprint density at radius 3 is 2.94 bits per heavy atom. The fourth-order valence-electron chi connectivity index (χ4n) is 2.00. The highest BCUT2D eigenvalue weighted by Crippen LogP contribution is 2.22. The van der Waals surface area contributed by atoms with Crippen molar-refractivity contribution in [2.24, 2.45) is 0 Å². The zero-order valence-electron chi connectivity index (χ0n) is 9.40. The monoisotopic (exact) mass is 298 g/mol. The Kier molecular flexibility index (Phi) is 3.69. The summed E-state index contributed by atoms with van der Waals surface area (Å²) in [6.07, 6.45) is 1.21. The average Bonchev–Trinajstić information content (AvgIpc) is 2.32. The molecule has 4 nitrogen and oxygen atoms in total. The van der Waals surface area contributed by atoms with E-state index in [0.29, 0.717) is 24.3 Å². The van der Waals surface area contributed by atoms with Crippen molar-refractivity contribution >= 4 is 27.5 Å². The predicted octanol–water partition coefficient (Wildman–Crippen LogP) is 1.63. The van der Waals surface area contributed by atoms with E-state index in [-0.39, 0.29) is 5.91 Å². The number of carbonyl (C=O) groups is 1. The first-order valence-electron chi connectivity index (χ1n) is 5.60. The first-order chi connectivity index (χ1) is 8.08. The third-order valence-electron chi connectivity index (χ3n) is 2.93. The Bertz CT molecular complexity index is 437. The SMILES string of the molecule is Nc1cc(C(=O)N2CCC[C@H](O)C2)ccc1Br. The van der Waals surface area contributed by atoms with Gasteiger partial charge < -0.3 is 15.7 Å². The lowest BCUT2D eigenvalue weighted by Crippen LogP contribution is -2.42. The summed E-state index contributed by atoms with van der Waals surface area (Å²) in [6.45, 7) is 1.11. The van der Waals surface area contributed by atoms with Crippen LogP contribution in [0.15, 0.2) is 22.7 Å². The number of nitrogen functional groups attached to an aromatic ring is 1. The number of rotatable bonds is 1. The second-order valence-electron chi connectivity index (χ2n) is 4.28. The van der Waals surface area contributed by atoms with Crippen LogP contribution in [0.1, 0.15) is 23.2 Å². The maximum absolute atomic E-state index is 12.2. The van der Waals surface area contributed by atoms with Crippen molar-refractivity contribution in [3.05, 3.63) is 28.2 Å². The van der Waals surface area contributed by atoms with E-state index >= 15 is 0 Å². The topological polar surface area (TPSA) is 66.6 Å². The molecule has 2 rings (SSSR count). The molecule has 17 heavy (non-hydrogen) atoms. The molecule has 1 aliphatic rings. The zero-order valence-corrected chi connectivity index (χ0v) is 11.0. The van der Waals surface area contributed by atoms with Gasteiger partial charge >= 0.3 is 0 Å². The largest absolute Gasteiger partial charge is 0.398 e. The van der Waals surface area contributed by atoms with Crippen molar-refractivity contribution in [2.45, 2.75) is 18.9 Å². The lowest BCUT2D eigenvalue weighted by atomic mass is 10.1. The molecule has 0 bridgehead atoms. The van der Waals surface area contributed by atoms with E-state index in [1.54, 1.807) is 23.1 Å². The minimum atomic E-state index is -0.402. The maximum atomic E-state index is 12.2. The fraction of sp³-hybridized carbons (Fsp3) is 0.417. The van der Waals surface area contributed by atoms with E-state index < -0.39 is 6.10 Å². The number of hydrogen-bond acceptors (Lipinski definition) is 3. The van der Waals surface area contributed by atoms with E-state index in [9.17, 15) is 9.90 Å². The van der Waals surface area contributed by atoms with Gasteiger partial charge in [-0.05, 0) is 47.0 Å². The molecule has 0 aliphatic carbocycles. The molecule has 1 fully saturated rings. The fourth-order valence-corrected chi connectivity index (χ4v) is 2.25. The van der Waals surface area contributed by atoms with Crippen molar-refractivity contribution in [1.82, 2.24) is 4.90 Å². The third-order valence-corrected chi connectivity index (χ3v) is 3.65. The van der Waals surface area contributed by atoms with Crippen LogP contribution >= 0.6 is 15.9 Å². The van der Waals surface area contributed by atoms with Gasteiger partial charge in [-0.2, -0.15) is 0 Å². The standard InChI is InChI=1S/C12H15BrN2O2/c13-10-4-3-8(6-11(10)14)12(17)15-5-1-2-9(16)7-15/h3-4,6,9,16H,1-2,5,7,14H2/t9-/m0/s1. The van der Waals surface area contributed by atoms with Crippen molar-refractivity contribution in [3.63, 3.8) is 0 Å². The van der Waals surface area contributed by atoms with Crippen LogP contribution in [0.2, 0.25) is 0 Å². The van der Waals surface area contributed by atoms with Gasteiger partial charge in [-0.25, -0.2) is 0 Å². The molecule has 0 aromatic heterocycles. The molecule has 1 amide bonds. The number of benzene rings is 1. The number of nitrogens with zero attached hydrogens (tertiary/aromatic N) is 1. The molecular formula is C12H15BrN2O2. The summed E-state index contributed by atoms with van der Waals surface area (Å²) in [7, 11) is 0. The van der Waals surface area contributed by atoms with Crippen molar-refractivity contribution in [3.8, 4) is 0 Å². The number of piperidine rings is 1. The first-order valence-corrected chi connectivity index (χ1v) is 6.39. The summed E-state index contributed by atoms with van der Waals surface area (Å²) < 4.78 is 0.785. The molecule has 0 unspecified atom stereocenters. The van der Waals surface area contributed by atoms with Gasteiger partial charge in [0.05, 0.1) is 6.10 Å². The van der Waals surface area contributed by atoms with Crippen molar-refractivity contribution in [2.75, 3.05) is 18.8 Å². The minimum Gasteiger partial charge on any atom is -0.398 e. The third kappa shape index (κ3) is 2.79. The summed E-state index contributed by atoms with van der Waals surface area (Å²) >= 11 is 3.29. The number of anilines is 1. The smallest absolute Gasteiger partial charge is 0.254 e. The van der Waals surface area contributed by atoms with Crippen LogP contribution in [0.4, 0.5) is 5.69 Å². The molecule has 0 saturated carbocycles. The van der Waals surface area contributed by atoms with Crippen LogP contribution in [0, 0.1) is 0 Å². The summed E-state index contributed by atoms with van der Waals surface area (Å²) in [6, 6.07) is 5.17. The van der Waals surface area contributed by atoms with Crippen molar-refractivity contribution < 1.29 is 9.90 Å². The molecule has 1 atom stereocenters. The molecule has 1 aromatic rings. The van der Waals surface area contributed by atoms with E-state index in [0.717, 1.165) is 17.3 Å². The van der Waals surface area contributed by atoms with Gasteiger partial charge in [-0.1, -0.05) is 0 Å². The molecule has 92 valence electrons. The van der Waals surface area contributed by atoms with Crippen LogP contribution in [0.3, 0.4) is 0 Å². The molecule has 1 heterocycles. The number of amides is 1.